The fraction of sp³-hybridized carbons (Fsp3) is 0.438. The van der Waals surface area contributed by atoms with Crippen LogP contribution < -0.4 is 10.9 Å². The van der Waals surface area contributed by atoms with Crippen LogP contribution in [0, 0.1) is 6.92 Å². The molecule has 1 aromatic carbocycles. The monoisotopic (exact) mass is 302 g/mol. The Morgan fingerprint density at radius 2 is 2.18 bits per heavy atom. The van der Waals surface area contributed by atoms with Gasteiger partial charge in [-0.3, -0.25) is 14.5 Å². The summed E-state index contributed by atoms with van der Waals surface area (Å²) in [5.41, 5.74) is 1.57. The van der Waals surface area contributed by atoms with Crippen LogP contribution in [0.15, 0.2) is 23.0 Å². The molecule has 0 saturated carbocycles. The molecule has 22 heavy (non-hydrogen) atoms. The summed E-state index contributed by atoms with van der Waals surface area (Å²) in [4.78, 5) is 33.0. The number of nitrogens with zero attached hydrogens (tertiary/aromatic N) is 2. The van der Waals surface area contributed by atoms with E-state index >= 15 is 0 Å². The van der Waals surface area contributed by atoms with Crippen molar-refractivity contribution < 1.29 is 4.79 Å². The normalized spacial score (nSPS) is 11.1. The molecule has 0 unspecified atom stereocenters. The number of nitrogens with one attached hydrogen (secondary N) is 2. The van der Waals surface area contributed by atoms with E-state index in [1.54, 1.807) is 7.05 Å². The van der Waals surface area contributed by atoms with Gasteiger partial charge in [0.25, 0.3) is 5.56 Å². The van der Waals surface area contributed by atoms with Gasteiger partial charge in [0.2, 0.25) is 5.91 Å². The van der Waals surface area contributed by atoms with Crippen LogP contribution in [0.25, 0.3) is 10.9 Å². The molecular formula is C16H22N4O2. The maximum absolute atomic E-state index is 12.2. The Morgan fingerprint density at radius 3 is 2.86 bits per heavy atom. The topological polar surface area (TPSA) is 78.1 Å². The van der Waals surface area contributed by atoms with Gasteiger partial charge in [-0.2, -0.15) is 0 Å². The molecule has 2 N–H and O–H groups in total. The van der Waals surface area contributed by atoms with Crippen molar-refractivity contribution in [3.63, 3.8) is 0 Å². The van der Waals surface area contributed by atoms with Crippen LogP contribution in [0.1, 0.15) is 24.7 Å². The highest BCUT2D eigenvalue weighted by atomic mass is 16.2. The van der Waals surface area contributed by atoms with Gasteiger partial charge in [-0.25, -0.2) is 4.98 Å². The highest BCUT2D eigenvalue weighted by Gasteiger charge is 2.12. The molecule has 0 fully saturated rings. The molecule has 0 radical (unpaired) electrons. The average Bonchev–Trinajstić information content (AvgIpc) is 2.48. The Morgan fingerprint density at radius 1 is 1.41 bits per heavy atom. The number of likely N-dealkylation sites (N-methyl/N-ethyl adjacent to an activating group) is 1. The molecule has 0 aliphatic carbocycles. The summed E-state index contributed by atoms with van der Waals surface area (Å²) in [6, 6.07) is 5.62. The number of hydrogen-bond acceptors (Lipinski definition) is 4. The van der Waals surface area contributed by atoms with Gasteiger partial charge in [0.1, 0.15) is 5.82 Å². The lowest BCUT2D eigenvalue weighted by Gasteiger charge is -2.20. The lowest BCUT2D eigenvalue weighted by atomic mass is 10.2. The van der Waals surface area contributed by atoms with Gasteiger partial charge in [0, 0.05) is 7.05 Å². The molecule has 1 amide bonds. The Hall–Kier alpha value is -2.21. The van der Waals surface area contributed by atoms with E-state index in [0.717, 1.165) is 18.5 Å². The van der Waals surface area contributed by atoms with Gasteiger partial charge in [-0.1, -0.05) is 18.6 Å². The summed E-state index contributed by atoms with van der Waals surface area (Å²) in [6.07, 6.45) is 0.925. The minimum atomic E-state index is -0.139. The van der Waals surface area contributed by atoms with E-state index in [0.29, 0.717) is 29.8 Å². The van der Waals surface area contributed by atoms with Gasteiger partial charge in [0.15, 0.2) is 0 Å². The molecule has 1 heterocycles. The van der Waals surface area contributed by atoms with E-state index in [2.05, 4.69) is 22.2 Å². The minimum Gasteiger partial charge on any atom is -0.358 e. The number of amides is 1. The zero-order valence-corrected chi connectivity index (χ0v) is 13.3. The zero-order valence-electron chi connectivity index (χ0n) is 13.3. The highest BCUT2D eigenvalue weighted by molar-refractivity contribution is 5.78. The molecule has 118 valence electrons. The molecule has 0 spiro atoms. The highest BCUT2D eigenvalue weighted by Crippen LogP contribution is 2.10. The first kappa shape index (κ1) is 16.2. The number of aryl methyl sites for hydroxylation is 1. The Labute approximate surface area is 129 Å². The van der Waals surface area contributed by atoms with Crippen molar-refractivity contribution in [3.8, 4) is 0 Å². The fourth-order valence-corrected chi connectivity index (χ4v) is 2.40. The summed E-state index contributed by atoms with van der Waals surface area (Å²) in [5, 5.41) is 3.21. The number of carbonyl (C=O) groups excluding carboxylic acids is 1. The maximum Gasteiger partial charge on any atom is 0.258 e. The summed E-state index contributed by atoms with van der Waals surface area (Å²) in [6.45, 7) is 5.50. The second-order valence-electron chi connectivity index (χ2n) is 5.42. The maximum atomic E-state index is 12.2. The van der Waals surface area contributed by atoms with Crippen molar-refractivity contribution in [2.24, 2.45) is 0 Å². The molecule has 6 heteroatoms. The van der Waals surface area contributed by atoms with Crippen molar-refractivity contribution in [3.05, 3.63) is 39.9 Å². The van der Waals surface area contributed by atoms with Gasteiger partial charge in [-0.15, -0.1) is 0 Å². The van der Waals surface area contributed by atoms with Crippen LogP contribution >= 0.6 is 0 Å². The number of benzene rings is 1. The molecular weight excluding hydrogens is 280 g/mol. The largest absolute Gasteiger partial charge is 0.358 e. The van der Waals surface area contributed by atoms with Crippen molar-refractivity contribution in [1.29, 1.82) is 0 Å². The van der Waals surface area contributed by atoms with Crippen LogP contribution in [0.5, 0.6) is 0 Å². The molecule has 2 rings (SSSR count). The van der Waals surface area contributed by atoms with E-state index in [1.165, 1.54) is 0 Å². The van der Waals surface area contributed by atoms with Gasteiger partial charge < -0.3 is 10.3 Å². The van der Waals surface area contributed by atoms with E-state index in [4.69, 9.17) is 0 Å². The van der Waals surface area contributed by atoms with Crippen LogP contribution in [-0.2, 0) is 11.3 Å². The third-order valence-electron chi connectivity index (χ3n) is 3.47. The summed E-state index contributed by atoms with van der Waals surface area (Å²) < 4.78 is 0. The number of fused-ring (bicyclic) bond motifs is 1. The van der Waals surface area contributed by atoms with Crippen molar-refractivity contribution in [1.82, 2.24) is 20.2 Å². The number of carbonyl (C=O) groups is 1. The predicted molar refractivity (Wildman–Crippen MR) is 86.7 cm³/mol. The first-order valence-corrected chi connectivity index (χ1v) is 7.46. The minimum absolute atomic E-state index is 0.0489. The Bertz CT molecular complexity index is 724. The molecule has 0 bridgehead atoms. The number of rotatable bonds is 6. The molecule has 0 aliphatic heterocycles. The lowest BCUT2D eigenvalue weighted by Crippen LogP contribution is -2.36. The Balaban J connectivity index is 2.27. The Kier molecular flexibility index (Phi) is 5.27. The van der Waals surface area contributed by atoms with Gasteiger partial charge in [-0.05, 0) is 32.0 Å². The van der Waals surface area contributed by atoms with E-state index in [-0.39, 0.29) is 11.5 Å². The number of aromatic amines is 1. The smallest absolute Gasteiger partial charge is 0.258 e. The van der Waals surface area contributed by atoms with Crippen LogP contribution in [0.3, 0.4) is 0 Å². The number of H-pyrrole nitrogens is 1. The van der Waals surface area contributed by atoms with Gasteiger partial charge in [0.05, 0.1) is 24.0 Å². The zero-order chi connectivity index (χ0) is 16.1. The summed E-state index contributed by atoms with van der Waals surface area (Å²) in [7, 11) is 1.62. The lowest BCUT2D eigenvalue weighted by molar-refractivity contribution is -0.121. The summed E-state index contributed by atoms with van der Waals surface area (Å²) in [5.74, 6) is 0.533. The third kappa shape index (κ3) is 3.92. The molecule has 0 aliphatic rings. The second-order valence-corrected chi connectivity index (χ2v) is 5.42. The SMILES string of the molecule is CCCN(CC(=O)NC)Cc1nc2ccc(C)cc2c(=O)[nH]1. The average molecular weight is 302 g/mol. The molecule has 0 atom stereocenters. The van der Waals surface area contributed by atoms with Crippen molar-refractivity contribution >= 4 is 16.8 Å². The number of hydrogen-bond donors (Lipinski definition) is 2. The predicted octanol–water partition coefficient (Wildman–Crippen LogP) is 1.19. The van der Waals surface area contributed by atoms with Crippen molar-refractivity contribution in [2.45, 2.75) is 26.8 Å². The van der Waals surface area contributed by atoms with E-state index < -0.39 is 0 Å². The van der Waals surface area contributed by atoms with Crippen LogP contribution in [-0.4, -0.2) is 40.9 Å². The van der Waals surface area contributed by atoms with E-state index in [1.807, 2.05) is 30.0 Å². The van der Waals surface area contributed by atoms with Crippen molar-refractivity contribution in [2.75, 3.05) is 20.1 Å². The number of aromatic nitrogens is 2. The van der Waals surface area contributed by atoms with E-state index in [9.17, 15) is 9.59 Å². The fourth-order valence-electron chi connectivity index (χ4n) is 2.40. The van der Waals surface area contributed by atoms with Crippen LogP contribution in [0.2, 0.25) is 0 Å². The quantitative estimate of drug-likeness (QED) is 0.840. The molecule has 2 aromatic rings. The molecule has 0 saturated heterocycles. The third-order valence-corrected chi connectivity index (χ3v) is 3.47. The van der Waals surface area contributed by atoms with Crippen LogP contribution in [0.4, 0.5) is 0 Å². The second kappa shape index (κ2) is 7.17. The first-order chi connectivity index (χ1) is 10.5. The first-order valence-electron chi connectivity index (χ1n) is 7.46. The summed E-state index contributed by atoms with van der Waals surface area (Å²) >= 11 is 0. The molecule has 6 nitrogen and oxygen atoms in total. The van der Waals surface area contributed by atoms with Gasteiger partial charge >= 0.3 is 0 Å². The molecule has 1 aromatic heterocycles. The standard InChI is InChI=1S/C16H22N4O2/c1-4-7-20(10-15(21)17-3)9-14-18-13-6-5-11(2)8-12(13)16(22)19-14/h5-6,8H,4,7,9-10H2,1-3H3,(H,17,21)(H,18,19,22).